The van der Waals surface area contributed by atoms with Crippen LogP contribution in [-0.4, -0.2) is 28.1 Å². The van der Waals surface area contributed by atoms with Crippen LogP contribution in [0.2, 0.25) is 0 Å². The highest BCUT2D eigenvalue weighted by Gasteiger charge is 2.15. The van der Waals surface area contributed by atoms with Gasteiger partial charge >= 0.3 is 5.97 Å². The standard InChI is InChI=1S/C27H22N2O4S/c1-17(25(30)28-22-10-8-19(9-11-22)27(32)33)34-24-14-12-23(13-15-24)29-26(31)21-7-6-18-4-2-3-5-20(18)16-21/h2-17H,1H3,(H,28,30)(H,29,31)(H,32,33). The predicted octanol–water partition coefficient (Wildman–Crippen LogP) is 5.91. The first-order valence-corrected chi connectivity index (χ1v) is 11.5. The SMILES string of the molecule is CC(Sc1ccc(NC(=O)c2ccc3ccccc3c2)cc1)C(=O)Nc1ccc(C(=O)O)cc1. The maximum atomic E-state index is 12.6. The van der Waals surface area contributed by atoms with Crippen LogP contribution in [0.1, 0.15) is 27.6 Å². The van der Waals surface area contributed by atoms with Crippen LogP contribution >= 0.6 is 11.8 Å². The van der Waals surface area contributed by atoms with E-state index in [1.165, 1.54) is 23.9 Å². The third-order valence-electron chi connectivity index (χ3n) is 5.21. The van der Waals surface area contributed by atoms with Crippen molar-refractivity contribution in [3.63, 3.8) is 0 Å². The third-order valence-corrected chi connectivity index (χ3v) is 6.32. The van der Waals surface area contributed by atoms with Crippen molar-refractivity contribution in [2.75, 3.05) is 10.6 Å². The van der Waals surface area contributed by atoms with Crippen LogP contribution < -0.4 is 10.6 Å². The van der Waals surface area contributed by atoms with Gasteiger partial charge in [0.25, 0.3) is 5.91 Å². The molecule has 6 nitrogen and oxygen atoms in total. The molecule has 1 atom stereocenters. The summed E-state index contributed by atoms with van der Waals surface area (Å²) in [7, 11) is 0. The van der Waals surface area contributed by atoms with Crippen molar-refractivity contribution < 1.29 is 19.5 Å². The van der Waals surface area contributed by atoms with Crippen LogP contribution in [0.4, 0.5) is 11.4 Å². The number of aromatic carboxylic acids is 1. The number of carbonyl (C=O) groups excluding carboxylic acids is 2. The molecular weight excluding hydrogens is 448 g/mol. The molecule has 0 aromatic heterocycles. The van der Waals surface area contributed by atoms with E-state index in [2.05, 4.69) is 10.6 Å². The van der Waals surface area contributed by atoms with Crippen molar-refractivity contribution in [1.29, 1.82) is 0 Å². The number of hydrogen-bond donors (Lipinski definition) is 3. The van der Waals surface area contributed by atoms with Gasteiger partial charge < -0.3 is 15.7 Å². The van der Waals surface area contributed by atoms with E-state index in [1.54, 1.807) is 37.3 Å². The summed E-state index contributed by atoms with van der Waals surface area (Å²) in [6.07, 6.45) is 0. The van der Waals surface area contributed by atoms with Gasteiger partial charge in [-0.25, -0.2) is 4.79 Å². The number of anilines is 2. The first-order valence-electron chi connectivity index (χ1n) is 10.6. The zero-order valence-corrected chi connectivity index (χ0v) is 19.1. The van der Waals surface area contributed by atoms with E-state index in [9.17, 15) is 14.4 Å². The lowest BCUT2D eigenvalue weighted by atomic mass is 10.1. The molecule has 0 fully saturated rings. The van der Waals surface area contributed by atoms with Crippen LogP contribution in [0.25, 0.3) is 10.8 Å². The molecule has 2 amide bonds. The van der Waals surface area contributed by atoms with Gasteiger partial charge in [-0.2, -0.15) is 0 Å². The lowest BCUT2D eigenvalue weighted by Gasteiger charge is -2.13. The molecule has 0 saturated heterocycles. The van der Waals surface area contributed by atoms with Gasteiger partial charge in [0.2, 0.25) is 5.91 Å². The summed E-state index contributed by atoms with van der Waals surface area (Å²) in [5, 5.41) is 16.4. The zero-order valence-electron chi connectivity index (χ0n) is 18.3. The van der Waals surface area contributed by atoms with Crippen molar-refractivity contribution in [3.8, 4) is 0 Å². The fraction of sp³-hybridized carbons (Fsp3) is 0.0741. The number of carboxylic acids is 1. The van der Waals surface area contributed by atoms with E-state index in [4.69, 9.17) is 5.11 Å². The summed E-state index contributed by atoms with van der Waals surface area (Å²) < 4.78 is 0. The fourth-order valence-electron chi connectivity index (χ4n) is 3.35. The lowest BCUT2D eigenvalue weighted by molar-refractivity contribution is -0.115. The Morgan fingerprint density at radius 2 is 1.32 bits per heavy atom. The van der Waals surface area contributed by atoms with Gasteiger partial charge in [0.1, 0.15) is 0 Å². The Morgan fingerprint density at radius 1 is 0.735 bits per heavy atom. The number of nitrogens with one attached hydrogen (secondary N) is 2. The molecular formula is C27H22N2O4S. The van der Waals surface area contributed by atoms with E-state index in [0.29, 0.717) is 16.9 Å². The highest BCUT2D eigenvalue weighted by atomic mass is 32.2. The monoisotopic (exact) mass is 470 g/mol. The number of fused-ring (bicyclic) bond motifs is 1. The highest BCUT2D eigenvalue weighted by Crippen LogP contribution is 2.26. The van der Waals surface area contributed by atoms with Gasteiger partial charge in [-0.05, 0) is 78.4 Å². The van der Waals surface area contributed by atoms with E-state index >= 15 is 0 Å². The average Bonchev–Trinajstić information content (AvgIpc) is 2.85. The average molecular weight is 471 g/mol. The Labute approximate surface area is 201 Å². The molecule has 3 N–H and O–H groups in total. The molecule has 7 heteroatoms. The number of carboxylic acid groups (broad SMARTS) is 1. The minimum absolute atomic E-state index is 0.160. The second kappa shape index (κ2) is 10.2. The molecule has 0 radical (unpaired) electrons. The molecule has 0 bridgehead atoms. The molecule has 0 spiro atoms. The van der Waals surface area contributed by atoms with Crippen molar-refractivity contribution in [3.05, 3.63) is 102 Å². The third kappa shape index (κ3) is 5.63. The minimum atomic E-state index is -1.02. The van der Waals surface area contributed by atoms with Crippen LogP contribution in [0.15, 0.2) is 95.9 Å². The Morgan fingerprint density at radius 3 is 2.00 bits per heavy atom. The fourth-order valence-corrected chi connectivity index (χ4v) is 4.22. The lowest BCUT2D eigenvalue weighted by Crippen LogP contribution is -2.22. The Hall–Kier alpha value is -4.10. The molecule has 0 aliphatic heterocycles. The van der Waals surface area contributed by atoms with Gasteiger partial charge in [0.15, 0.2) is 0 Å². The normalized spacial score (nSPS) is 11.6. The van der Waals surface area contributed by atoms with E-state index < -0.39 is 5.97 Å². The van der Waals surface area contributed by atoms with Crippen molar-refractivity contribution in [2.24, 2.45) is 0 Å². The smallest absolute Gasteiger partial charge is 0.335 e. The summed E-state index contributed by atoms with van der Waals surface area (Å²) in [6, 6.07) is 26.8. The van der Waals surface area contributed by atoms with Gasteiger partial charge in [0.05, 0.1) is 10.8 Å². The Balaban J connectivity index is 1.33. The summed E-state index contributed by atoms with van der Waals surface area (Å²) in [6.45, 7) is 1.79. The quantitative estimate of drug-likeness (QED) is 0.292. The number of benzene rings is 4. The van der Waals surface area contributed by atoms with Gasteiger partial charge in [-0.15, -0.1) is 11.8 Å². The first-order chi connectivity index (χ1) is 16.4. The molecule has 1 unspecified atom stereocenters. The molecule has 0 aliphatic rings. The maximum Gasteiger partial charge on any atom is 0.335 e. The first kappa shape index (κ1) is 23.1. The molecule has 0 aliphatic carbocycles. The molecule has 34 heavy (non-hydrogen) atoms. The Bertz CT molecular complexity index is 1350. The summed E-state index contributed by atoms with van der Waals surface area (Å²) in [4.78, 5) is 36.9. The number of rotatable bonds is 7. The molecule has 4 aromatic carbocycles. The van der Waals surface area contributed by atoms with Crippen LogP contribution in [0.3, 0.4) is 0 Å². The van der Waals surface area contributed by atoms with Crippen molar-refractivity contribution in [1.82, 2.24) is 0 Å². The maximum absolute atomic E-state index is 12.6. The van der Waals surface area contributed by atoms with Gasteiger partial charge in [-0.1, -0.05) is 30.3 Å². The summed E-state index contributed by atoms with van der Waals surface area (Å²) in [5.41, 5.74) is 1.94. The molecule has 4 aromatic rings. The largest absolute Gasteiger partial charge is 0.478 e. The minimum Gasteiger partial charge on any atom is -0.478 e. The topological polar surface area (TPSA) is 95.5 Å². The van der Waals surface area contributed by atoms with Crippen molar-refractivity contribution in [2.45, 2.75) is 17.1 Å². The molecule has 0 saturated carbocycles. The summed E-state index contributed by atoms with van der Waals surface area (Å²) >= 11 is 1.39. The predicted molar refractivity (Wildman–Crippen MR) is 136 cm³/mol. The van der Waals surface area contributed by atoms with Gasteiger partial charge in [0, 0.05) is 21.8 Å². The summed E-state index contributed by atoms with van der Waals surface area (Å²) in [5.74, 6) is -1.40. The van der Waals surface area contributed by atoms with Crippen LogP contribution in [0, 0.1) is 0 Å². The van der Waals surface area contributed by atoms with Crippen molar-refractivity contribution >= 4 is 51.7 Å². The van der Waals surface area contributed by atoms with E-state index in [0.717, 1.165) is 15.7 Å². The second-order valence-electron chi connectivity index (χ2n) is 7.67. The van der Waals surface area contributed by atoms with Gasteiger partial charge in [-0.3, -0.25) is 9.59 Å². The number of thioether (sulfide) groups is 1. The Kier molecular flexibility index (Phi) is 6.94. The highest BCUT2D eigenvalue weighted by molar-refractivity contribution is 8.00. The molecule has 0 heterocycles. The van der Waals surface area contributed by atoms with Crippen LogP contribution in [-0.2, 0) is 4.79 Å². The number of carbonyl (C=O) groups is 3. The van der Waals surface area contributed by atoms with E-state index in [1.807, 2.05) is 48.5 Å². The molecule has 4 rings (SSSR count). The number of hydrogen-bond acceptors (Lipinski definition) is 4. The zero-order chi connectivity index (χ0) is 24.1. The molecule has 170 valence electrons. The van der Waals surface area contributed by atoms with Crippen LogP contribution in [0.5, 0.6) is 0 Å². The second-order valence-corrected chi connectivity index (χ2v) is 9.09. The van der Waals surface area contributed by atoms with E-state index in [-0.39, 0.29) is 22.6 Å². The number of amides is 2.